The Bertz CT molecular complexity index is 358. The quantitative estimate of drug-likeness (QED) is 0.870. The monoisotopic (exact) mass is 255 g/mol. The molecule has 1 saturated carbocycles. The number of rotatable bonds is 4. The van der Waals surface area contributed by atoms with Gasteiger partial charge in [-0.1, -0.05) is 25.0 Å². The highest BCUT2D eigenvalue weighted by molar-refractivity contribution is 5.87. The number of carboxylic acid groups (broad SMARTS) is 1. The summed E-state index contributed by atoms with van der Waals surface area (Å²) in [6.07, 6.45) is 5.20. The summed E-state index contributed by atoms with van der Waals surface area (Å²) in [5.41, 5.74) is 1.50. The van der Waals surface area contributed by atoms with Gasteiger partial charge >= 0.3 is 5.97 Å². The third kappa shape index (κ3) is 4.02. The Morgan fingerprint density at radius 2 is 1.82 bits per heavy atom. The van der Waals surface area contributed by atoms with Crippen molar-refractivity contribution in [3.8, 4) is 0 Å². The van der Waals surface area contributed by atoms with Crippen molar-refractivity contribution in [2.24, 2.45) is 0 Å². The second kappa shape index (κ2) is 6.62. The van der Waals surface area contributed by atoms with Crippen LogP contribution in [0.3, 0.4) is 0 Å². The predicted octanol–water partition coefficient (Wildman–Crippen LogP) is 2.84. The van der Waals surface area contributed by atoms with Gasteiger partial charge in [-0.2, -0.15) is 0 Å². The van der Waals surface area contributed by atoms with Crippen LogP contribution in [0.1, 0.15) is 41.6 Å². The van der Waals surface area contributed by atoms with Crippen LogP contribution in [0.25, 0.3) is 0 Å². The molecule has 94 valence electrons. The molecule has 1 fully saturated rings. The fourth-order valence-corrected chi connectivity index (χ4v) is 2.16. The summed E-state index contributed by atoms with van der Waals surface area (Å²) in [4.78, 5) is 10.7. The molecule has 0 aromatic heterocycles. The van der Waals surface area contributed by atoms with Crippen LogP contribution < -0.4 is 5.32 Å². The average Bonchev–Trinajstić information content (AvgIpc) is 2.80. The maximum absolute atomic E-state index is 10.7. The van der Waals surface area contributed by atoms with Gasteiger partial charge in [0.2, 0.25) is 0 Å². The van der Waals surface area contributed by atoms with Gasteiger partial charge < -0.3 is 10.4 Å². The van der Waals surface area contributed by atoms with Crippen molar-refractivity contribution in [2.45, 2.75) is 38.3 Å². The highest BCUT2D eigenvalue weighted by atomic mass is 35.5. The maximum atomic E-state index is 10.7. The Morgan fingerprint density at radius 3 is 2.35 bits per heavy atom. The average molecular weight is 256 g/mol. The van der Waals surface area contributed by atoms with E-state index in [0.29, 0.717) is 11.6 Å². The summed E-state index contributed by atoms with van der Waals surface area (Å²) in [6, 6.07) is 7.73. The van der Waals surface area contributed by atoms with Gasteiger partial charge in [0, 0.05) is 12.6 Å². The summed E-state index contributed by atoms with van der Waals surface area (Å²) in [6.45, 7) is 0.838. The van der Waals surface area contributed by atoms with Crippen LogP contribution in [0.2, 0.25) is 0 Å². The first-order chi connectivity index (χ1) is 7.75. The largest absolute Gasteiger partial charge is 0.478 e. The van der Waals surface area contributed by atoms with Crippen molar-refractivity contribution >= 4 is 18.4 Å². The van der Waals surface area contributed by atoms with E-state index in [4.69, 9.17) is 5.11 Å². The molecule has 2 rings (SSSR count). The van der Waals surface area contributed by atoms with E-state index >= 15 is 0 Å². The second-order valence-corrected chi connectivity index (χ2v) is 4.36. The van der Waals surface area contributed by atoms with E-state index < -0.39 is 5.97 Å². The van der Waals surface area contributed by atoms with Crippen LogP contribution in [0.15, 0.2) is 24.3 Å². The van der Waals surface area contributed by atoms with Gasteiger partial charge in [0.15, 0.2) is 0 Å². The fourth-order valence-electron chi connectivity index (χ4n) is 2.16. The lowest BCUT2D eigenvalue weighted by Gasteiger charge is -2.11. The SMILES string of the molecule is Cl.O=C(O)c1ccc(CNC2CCCC2)cc1. The number of benzene rings is 1. The minimum atomic E-state index is -0.865. The lowest BCUT2D eigenvalue weighted by Crippen LogP contribution is -2.25. The van der Waals surface area contributed by atoms with E-state index in [1.165, 1.54) is 25.7 Å². The number of halogens is 1. The van der Waals surface area contributed by atoms with Crippen molar-refractivity contribution in [3.63, 3.8) is 0 Å². The number of hydrogen-bond donors (Lipinski definition) is 2. The third-order valence-corrected chi connectivity index (χ3v) is 3.15. The van der Waals surface area contributed by atoms with E-state index in [1.807, 2.05) is 12.1 Å². The molecule has 1 aromatic carbocycles. The molecule has 2 N–H and O–H groups in total. The van der Waals surface area contributed by atoms with Crippen LogP contribution in [0, 0.1) is 0 Å². The first-order valence-electron chi connectivity index (χ1n) is 5.81. The van der Waals surface area contributed by atoms with Crippen LogP contribution in [-0.4, -0.2) is 17.1 Å². The van der Waals surface area contributed by atoms with Crippen LogP contribution >= 0.6 is 12.4 Å². The Labute approximate surface area is 108 Å². The molecule has 0 heterocycles. The molecule has 4 heteroatoms. The van der Waals surface area contributed by atoms with Crippen LogP contribution in [-0.2, 0) is 6.54 Å². The van der Waals surface area contributed by atoms with Gasteiger partial charge in [0.05, 0.1) is 5.56 Å². The molecule has 0 unspecified atom stereocenters. The fraction of sp³-hybridized carbons (Fsp3) is 0.462. The molecule has 0 bridgehead atoms. The van der Waals surface area contributed by atoms with E-state index in [9.17, 15) is 4.79 Å². The zero-order valence-corrected chi connectivity index (χ0v) is 10.5. The van der Waals surface area contributed by atoms with E-state index in [-0.39, 0.29) is 12.4 Å². The molecular weight excluding hydrogens is 238 g/mol. The molecule has 0 atom stereocenters. The molecule has 17 heavy (non-hydrogen) atoms. The lowest BCUT2D eigenvalue weighted by molar-refractivity contribution is 0.0697. The molecule has 0 saturated heterocycles. The Kier molecular flexibility index (Phi) is 5.45. The molecule has 0 amide bonds. The van der Waals surface area contributed by atoms with Gasteiger partial charge in [-0.15, -0.1) is 12.4 Å². The number of nitrogens with one attached hydrogen (secondary N) is 1. The first-order valence-corrected chi connectivity index (χ1v) is 5.81. The van der Waals surface area contributed by atoms with Gasteiger partial charge in [0.25, 0.3) is 0 Å². The Balaban J connectivity index is 0.00000144. The van der Waals surface area contributed by atoms with E-state index in [0.717, 1.165) is 12.1 Å². The topological polar surface area (TPSA) is 49.3 Å². The van der Waals surface area contributed by atoms with Crippen molar-refractivity contribution in [2.75, 3.05) is 0 Å². The van der Waals surface area contributed by atoms with Crippen LogP contribution in [0.4, 0.5) is 0 Å². The molecule has 0 aliphatic heterocycles. The van der Waals surface area contributed by atoms with Crippen molar-refractivity contribution in [1.82, 2.24) is 5.32 Å². The zero-order chi connectivity index (χ0) is 11.4. The first kappa shape index (κ1) is 14.0. The Morgan fingerprint density at radius 1 is 1.24 bits per heavy atom. The smallest absolute Gasteiger partial charge is 0.335 e. The standard InChI is InChI=1S/C13H17NO2.ClH/c15-13(16)11-7-5-10(6-8-11)9-14-12-3-1-2-4-12;/h5-8,12,14H,1-4,9H2,(H,15,16);1H. The molecule has 0 spiro atoms. The molecule has 1 aliphatic carbocycles. The normalized spacial score (nSPS) is 15.5. The predicted molar refractivity (Wildman–Crippen MR) is 69.7 cm³/mol. The molecule has 1 aliphatic rings. The second-order valence-electron chi connectivity index (χ2n) is 4.36. The molecule has 0 radical (unpaired) electrons. The highest BCUT2D eigenvalue weighted by Gasteiger charge is 2.13. The van der Waals surface area contributed by atoms with Crippen molar-refractivity contribution in [3.05, 3.63) is 35.4 Å². The van der Waals surface area contributed by atoms with E-state index in [2.05, 4.69) is 5.32 Å². The summed E-state index contributed by atoms with van der Waals surface area (Å²) in [7, 11) is 0. The summed E-state index contributed by atoms with van der Waals surface area (Å²) in [5.74, 6) is -0.865. The van der Waals surface area contributed by atoms with Gasteiger partial charge in [0.1, 0.15) is 0 Å². The third-order valence-electron chi connectivity index (χ3n) is 3.15. The highest BCUT2D eigenvalue weighted by Crippen LogP contribution is 2.18. The summed E-state index contributed by atoms with van der Waals surface area (Å²) in [5, 5.41) is 12.3. The maximum Gasteiger partial charge on any atom is 0.335 e. The van der Waals surface area contributed by atoms with Gasteiger partial charge in [-0.3, -0.25) is 0 Å². The molecule has 3 nitrogen and oxygen atoms in total. The zero-order valence-electron chi connectivity index (χ0n) is 9.69. The number of aromatic carboxylic acids is 1. The summed E-state index contributed by atoms with van der Waals surface area (Å²) < 4.78 is 0. The van der Waals surface area contributed by atoms with Gasteiger partial charge in [-0.05, 0) is 30.5 Å². The molecular formula is C13H18ClNO2. The van der Waals surface area contributed by atoms with Crippen molar-refractivity contribution < 1.29 is 9.90 Å². The van der Waals surface area contributed by atoms with E-state index in [1.54, 1.807) is 12.1 Å². The van der Waals surface area contributed by atoms with Crippen LogP contribution in [0.5, 0.6) is 0 Å². The minimum Gasteiger partial charge on any atom is -0.478 e. The number of carboxylic acids is 1. The van der Waals surface area contributed by atoms with Crippen molar-refractivity contribution in [1.29, 1.82) is 0 Å². The summed E-state index contributed by atoms with van der Waals surface area (Å²) >= 11 is 0. The lowest BCUT2D eigenvalue weighted by atomic mass is 10.1. The Hall–Kier alpha value is -1.06. The molecule has 1 aromatic rings. The van der Waals surface area contributed by atoms with Gasteiger partial charge in [-0.25, -0.2) is 4.79 Å². The minimum absolute atomic E-state index is 0. The number of carbonyl (C=O) groups is 1. The number of hydrogen-bond acceptors (Lipinski definition) is 2.